The monoisotopic (exact) mass is 256 g/mol. The zero-order valence-corrected chi connectivity index (χ0v) is 10.4. The molecule has 0 N–H and O–H groups in total. The van der Waals surface area contributed by atoms with E-state index in [9.17, 15) is 12.8 Å². The minimum Gasteiger partial charge on any atom is -0.269 e. The lowest BCUT2D eigenvalue weighted by Gasteiger charge is -2.23. The van der Waals surface area contributed by atoms with Crippen LogP contribution in [0.4, 0.5) is 10.1 Å². The van der Waals surface area contributed by atoms with Crippen molar-refractivity contribution in [1.29, 1.82) is 5.26 Å². The molecule has 1 rings (SSSR count). The fourth-order valence-corrected chi connectivity index (χ4v) is 2.68. The van der Waals surface area contributed by atoms with Gasteiger partial charge in [-0.05, 0) is 32.0 Å². The van der Waals surface area contributed by atoms with Crippen molar-refractivity contribution in [3.05, 3.63) is 30.1 Å². The molecule has 6 heteroatoms. The summed E-state index contributed by atoms with van der Waals surface area (Å²) in [5, 5.41) is 7.53. The lowest BCUT2D eigenvalue weighted by atomic mass is 10.3. The molecule has 0 aliphatic carbocycles. The van der Waals surface area contributed by atoms with E-state index in [1.54, 1.807) is 13.0 Å². The second-order valence-corrected chi connectivity index (χ2v) is 5.64. The third-order valence-corrected chi connectivity index (χ3v) is 4.40. The van der Waals surface area contributed by atoms with Crippen LogP contribution in [0.1, 0.15) is 13.8 Å². The first-order valence-electron chi connectivity index (χ1n) is 5.10. The quantitative estimate of drug-likeness (QED) is 0.826. The first kappa shape index (κ1) is 13.5. The Bertz CT molecular complexity index is 537. The lowest BCUT2D eigenvalue weighted by Crippen LogP contribution is -2.37. The van der Waals surface area contributed by atoms with Crippen LogP contribution in [0, 0.1) is 17.1 Å². The van der Waals surface area contributed by atoms with Gasteiger partial charge in [-0.2, -0.15) is 5.26 Å². The summed E-state index contributed by atoms with van der Waals surface area (Å²) in [6, 6.07) is 6.97. The third kappa shape index (κ3) is 2.74. The van der Waals surface area contributed by atoms with Crippen LogP contribution < -0.4 is 4.31 Å². The van der Waals surface area contributed by atoms with Gasteiger partial charge in [0.05, 0.1) is 11.8 Å². The van der Waals surface area contributed by atoms with E-state index < -0.39 is 21.1 Å². The molecule has 0 radical (unpaired) electrons. The Morgan fingerprint density at radius 2 is 2.18 bits per heavy atom. The number of hydrogen-bond donors (Lipinski definition) is 0. The molecule has 92 valence electrons. The van der Waals surface area contributed by atoms with Gasteiger partial charge >= 0.3 is 0 Å². The van der Waals surface area contributed by atoms with Gasteiger partial charge in [-0.25, -0.2) is 12.8 Å². The lowest BCUT2D eigenvalue weighted by molar-refractivity contribution is 0.587. The van der Waals surface area contributed by atoms with E-state index >= 15 is 0 Å². The number of halogens is 1. The molecule has 0 fully saturated rings. The Hall–Kier alpha value is -1.61. The van der Waals surface area contributed by atoms with Crippen LogP contribution >= 0.6 is 0 Å². The Morgan fingerprint density at radius 3 is 2.65 bits per heavy atom. The van der Waals surface area contributed by atoms with Crippen LogP contribution in [0.3, 0.4) is 0 Å². The number of sulfonamides is 1. The van der Waals surface area contributed by atoms with Gasteiger partial charge in [0, 0.05) is 6.54 Å². The molecule has 0 aromatic heterocycles. The van der Waals surface area contributed by atoms with Crippen molar-refractivity contribution in [2.75, 3.05) is 10.8 Å². The Kier molecular flexibility index (Phi) is 4.07. The number of benzene rings is 1. The maximum Gasteiger partial charge on any atom is 0.251 e. The zero-order valence-electron chi connectivity index (χ0n) is 9.59. The fourth-order valence-electron chi connectivity index (χ4n) is 1.40. The molecule has 1 aromatic rings. The number of nitrogens with zero attached hydrogens (tertiary/aromatic N) is 2. The van der Waals surface area contributed by atoms with Crippen LogP contribution in [0.5, 0.6) is 0 Å². The highest BCUT2D eigenvalue weighted by molar-refractivity contribution is 7.93. The predicted octanol–water partition coefficient (Wildman–Crippen LogP) is 1.89. The van der Waals surface area contributed by atoms with Crippen LogP contribution in [-0.2, 0) is 10.0 Å². The SMILES string of the molecule is CCN(c1cccc(F)c1)S(=O)(=O)C(C)C#N. The van der Waals surface area contributed by atoms with Gasteiger partial charge in [-0.1, -0.05) is 6.07 Å². The molecule has 0 heterocycles. The zero-order chi connectivity index (χ0) is 13.1. The highest BCUT2D eigenvalue weighted by atomic mass is 32.2. The summed E-state index contributed by atoms with van der Waals surface area (Å²) in [7, 11) is -3.77. The molecule has 0 spiro atoms. The molecule has 0 aliphatic heterocycles. The van der Waals surface area contributed by atoms with E-state index in [-0.39, 0.29) is 12.2 Å². The van der Waals surface area contributed by atoms with Crippen molar-refractivity contribution >= 4 is 15.7 Å². The second-order valence-electron chi connectivity index (χ2n) is 3.46. The van der Waals surface area contributed by atoms with Crippen molar-refractivity contribution in [3.63, 3.8) is 0 Å². The molecule has 0 amide bonds. The van der Waals surface area contributed by atoms with Gasteiger partial charge in [0.1, 0.15) is 5.82 Å². The van der Waals surface area contributed by atoms with E-state index in [1.807, 2.05) is 0 Å². The number of hydrogen-bond acceptors (Lipinski definition) is 3. The minimum absolute atomic E-state index is 0.151. The Morgan fingerprint density at radius 1 is 1.53 bits per heavy atom. The van der Waals surface area contributed by atoms with Crippen molar-refractivity contribution < 1.29 is 12.8 Å². The van der Waals surface area contributed by atoms with Crippen LogP contribution in [0.25, 0.3) is 0 Å². The Balaban J connectivity index is 3.22. The molecule has 1 unspecified atom stereocenters. The normalized spacial score (nSPS) is 12.8. The number of nitriles is 1. The molecule has 0 saturated heterocycles. The van der Waals surface area contributed by atoms with Crippen molar-refractivity contribution in [3.8, 4) is 6.07 Å². The molecule has 0 saturated carbocycles. The topological polar surface area (TPSA) is 61.2 Å². The fraction of sp³-hybridized carbons (Fsp3) is 0.364. The highest BCUT2D eigenvalue weighted by Crippen LogP contribution is 2.21. The molecule has 17 heavy (non-hydrogen) atoms. The smallest absolute Gasteiger partial charge is 0.251 e. The summed E-state index contributed by atoms with van der Waals surface area (Å²) in [4.78, 5) is 0. The van der Waals surface area contributed by atoms with Crippen molar-refractivity contribution in [2.45, 2.75) is 19.1 Å². The Labute approximate surface area is 100 Å². The molecular weight excluding hydrogens is 243 g/mol. The van der Waals surface area contributed by atoms with E-state index in [0.29, 0.717) is 0 Å². The summed E-state index contributed by atoms with van der Waals surface area (Å²) in [5.41, 5.74) is 0.231. The van der Waals surface area contributed by atoms with E-state index in [0.717, 1.165) is 10.4 Å². The van der Waals surface area contributed by atoms with Crippen molar-refractivity contribution in [1.82, 2.24) is 0 Å². The number of anilines is 1. The molecule has 1 aromatic carbocycles. The first-order valence-corrected chi connectivity index (χ1v) is 6.60. The molecule has 4 nitrogen and oxygen atoms in total. The minimum atomic E-state index is -3.77. The predicted molar refractivity (Wildman–Crippen MR) is 63.4 cm³/mol. The van der Waals surface area contributed by atoms with Gasteiger partial charge < -0.3 is 0 Å². The van der Waals surface area contributed by atoms with Gasteiger partial charge in [0.2, 0.25) is 0 Å². The summed E-state index contributed by atoms with van der Waals surface area (Å²) in [5.74, 6) is -0.513. The van der Waals surface area contributed by atoms with Crippen LogP contribution in [0.15, 0.2) is 24.3 Å². The van der Waals surface area contributed by atoms with Gasteiger partial charge in [-0.15, -0.1) is 0 Å². The van der Waals surface area contributed by atoms with E-state index in [4.69, 9.17) is 5.26 Å². The molecule has 0 aliphatic rings. The molecular formula is C11H13FN2O2S. The maximum atomic E-state index is 13.0. The maximum absolute atomic E-state index is 13.0. The summed E-state index contributed by atoms with van der Waals surface area (Å²) in [6.07, 6.45) is 0. The summed E-state index contributed by atoms with van der Waals surface area (Å²) in [6.45, 7) is 3.08. The summed E-state index contributed by atoms with van der Waals surface area (Å²) >= 11 is 0. The van der Waals surface area contributed by atoms with Crippen LogP contribution in [-0.4, -0.2) is 20.2 Å². The highest BCUT2D eigenvalue weighted by Gasteiger charge is 2.28. The van der Waals surface area contributed by atoms with Crippen LogP contribution in [0.2, 0.25) is 0 Å². The average molecular weight is 256 g/mol. The molecule has 1 atom stereocenters. The first-order chi connectivity index (χ1) is 7.93. The van der Waals surface area contributed by atoms with Gasteiger partial charge in [0.15, 0.2) is 5.25 Å². The standard InChI is InChI=1S/C11H13FN2O2S/c1-3-14(17(15,16)9(2)8-13)11-6-4-5-10(12)7-11/h4-7,9H,3H2,1-2H3. The average Bonchev–Trinajstić information content (AvgIpc) is 2.28. The van der Waals surface area contributed by atoms with Gasteiger partial charge in [0.25, 0.3) is 10.0 Å². The summed E-state index contributed by atoms with van der Waals surface area (Å²) < 4.78 is 38.1. The van der Waals surface area contributed by atoms with E-state index in [1.165, 1.54) is 25.1 Å². The van der Waals surface area contributed by atoms with Gasteiger partial charge in [-0.3, -0.25) is 4.31 Å². The van der Waals surface area contributed by atoms with E-state index in [2.05, 4.69) is 0 Å². The third-order valence-electron chi connectivity index (χ3n) is 2.32. The largest absolute Gasteiger partial charge is 0.269 e. The molecule has 0 bridgehead atoms. The second kappa shape index (κ2) is 5.15. The number of rotatable bonds is 4. The van der Waals surface area contributed by atoms with Crippen molar-refractivity contribution in [2.24, 2.45) is 0 Å².